The minimum absolute atomic E-state index is 0.00226. The second kappa shape index (κ2) is 7.34. The Hall–Kier alpha value is -2.59. The van der Waals surface area contributed by atoms with Crippen LogP contribution in [0.25, 0.3) is 10.4 Å². The van der Waals surface area contributed by atoms with Gasteiger partial charge in [0, 0.05) is 22.0 Å². The first-order valence-corrected chi connectivity index (χ1v) is 9.72. The molecule has 4 heteroatoms. The van der Waals surface area contributed by atoms with Crippen molar-refractivity contribution >= 4 is 17.2 Å². The number of nitrogens with one attached hydrogen (secondary N) is 1. The average molecular weight is 363 g/mol. The molecule has 0 aliphatic carbocycles. The fourth-order valence-electron chi connectivity index (χ4n) is 3.21. The number of hydrogen-bond acceptors (Lipinski definition) is 3. The minimum atomic E-state index is 0.00226. The number of carbonyl (C=O) groups excluding carboxylic acids is 1. The molecule has 0 unspecified atom stereocenters. The highest BCUT2D eigenvalue weighted by atomic mass is 32.1. The van der Waals surface area contributed by atoms with Crippen molar-refractivity contribution in [3.63, 3.8) is 0 Å². The molecule has 1 aromatic heterocycles. The van der Waals surface area contributed by atoms with Crippen LogP contribution in [0.4, 0.5) is 0 Å². The maximum Gasteiger partial charge on any atom is 0.261 e. The molecule has 2 heterocycles. The summed E-state index contributed by atoms with van der Waals surface area (Å²) in [6.07, 6.45) is 1.89. The molecule has 3 nitrogen and oxygen atoms in total. The van der Waals surface area contributed by atoms with Crippen molar-refractivity contribution in [1.82, 2.24) is 5.32 Å². The highest BCUT2D eigenvalue weighted by Gasteiger charge is 2.22. The number of hydrogen-bond donors (Lipinski definition) is 1. The molecule has 26 heavy (non-hydrogen) atoms. The molecule has 4 rings (SSSR count). The van der Waals surface area contributed by atoms with Crippen LogP contribution in [0, 0.1) is 0 Å². The molecule has 1 aliphatic rings. The van der Waals surface area contributed by atoms with Crippen molar-refractivity contribution in [1.29, 1.82) is 0 Å². The molecule has 0 bridgehead atoms. The molecule has 1 N–H and O–H groups in total. The molecule has 0 fully saturated rings. The summed E-state index contributed by atoms with van der Waals surface area (Å²) >= 11 is 1.55. The summed E-state index contributed by atoms with van der Waals surface area (Å²) in [5, 5.41) is 3.13. The van der Waals surface area contributed by atoms with E-state index in [2.05, 4.69) is 36.5 Å². The highest BCUT2D eigenvalue weighted by Crippen LogP contribution is 2.42. The van der Waals surface area contributed by atoms with Gasteiger partial charge in [0.05, 0.1) is 4.88 Å². The van der Waals surface area contributed by atoms with Crippen LogP contribution < -0.4 is 10.1 Å². The maximum atomic E-state index is 12.7. The zero-order chi connectivity index (χ0) is 17.9. The smallest absolute Gasteiger partial charge is 0.261 e. The van der Waals surface area contributed by atoms with Gasteiger partial charge in [-0.25, -0.2) is 0 Å². The zero-order valence-corrected chi connectivity index (χ0v) is 15.5. The van der Waals surface area contributed by atoms with E-state index in [1.807, 2.05) is 36.4 Å². The summed E-state index contributed by atoms with van der Waals surface area (Å²) in [7, 11) is 0. The largest absolute Gasteiger partial charge is 0.488 e. The highest BCUT2D eigenvalue weighted by molar-refractivity contribution is 7.17. The van der Waals surface area contributed by atoms with Crippen LogP contribution in [-0.4, -0.2) is 11.9 Å². The van der Waals surface area contributed by atoms with E-state index < -0.39 is 0 Å². The number of ether oxygens (including phenoxy) is 1. The van der Waals surface area contributed by atoms with Crippen LogP contribution in [-0.2, 0) is 13.0 Å². The van der Waals surface area contributed by atoms with Gasteiger partial charge in [-0.15, -0.1) is 11.3 Å². The molecular formula is C22H21NO2S. The summed E-state index contributed by atoms with van der Waals surface area (Å²) in [6.45, 7) is 2.59. The molecule has 2 aromatic carbocycles. The van der Waals surface area contributed by atoms with Crippen LogP contribution >= 0.6 is 11.3 Å². The molecule has 1 atom stereocenters. The average Bonchev–Trinajstić information content (AvgIpc) is 3.12. The van der Waals surface area contributed by atoms with Gasteiger partial charge in [0.25, 0.3) is 5.91 Å². The van der Waals surface area contributed by atoms with E-state index >= 15 is 0 Å². The van der Waals surface area contributed by atoms with Gasteiger partial charge in [-0.3, -0.25) is 4.79 Å². The van der Waals surface area contributed by atoms with Crippen LogP contribution in [0.3, 0.4) is 0 Å². The van der Waals surface area contributed by atoms with Crippen molar-refractivity contribution < 1.29 is 9.53 Å². The number of thiophene rings is 1. The molecule has 3 aromatic rings. The number of fused-ring (bicyclic) bond motifs is 3. The van der Waals surface area contributed by atoms with Gasteiger partial charge in [0.15, 0.2) is 0 Å². The fourth-order valence-corrected chi connectivity index (χ4v) is 4.31. The van der Waals surface area contributed by atoms with E-state index in [4.69, 9.17) is 4.74 Å². The van der Waals surface area contributed by atoms with Crippen LogP contribution in [0.1, 0.15) is 34.1 Å². The molecule has 0 saturated heterocycles. The Kier molecular flexibility index (Phi) is 4.76. The van der Waals surface area contributed by atoms with Gasteiger partial charge in [-0.1, -0.05) is 42.5 Å². The van der Waals surface area contributed by atoms with Crippen LogP contribution in [0.5, 0.6) is 5.75 Å². The van der Waals surface area contributed by atoms with Gasteiger partial charge >= 0.3 is 0 Å². The predicted molar refractivity (Wildman–Crippen MR) is 106 cm³/mol. The van der Waals surface area contributed by atoms with Crippen LogP contribution in [0.2, 0.25) is 0 Å². The molecule has 0 spiro atoms. The standard InChI is InChI=1S/C22H21NO2S/c1-15(11-12-16-7-3-2-4-8-16)23-22(24)20-13-17-14-25-19-10-6-5-9-18(19)21(17)26-20/h2-10,13,15H,11-12,14H2,1H3,(H,23,24)/t15-/m1/s1. The summed E-state index contributed by atoms with van der Waals surface area (Å²) in [6, 6.07) is 20.5. The van der Waals surface area contributed by atoms with Crippen molar-refractivity contribution in [2.24, 2.45) is 0 Å². The van der Waals surface area contributed by atoms with E-state index in [9.17, 15) is 4.79 Å². The number of benzene rings is 2. The number of carbonyl (C=O) groups is 1. The molecule has 0 radical (unpaired) electrons. The normalized spacial score (nSPS) is 13.3. The fraction of sp³-hybridized carbons (Fsp3) is 0.227. The third kappa shape index (κ3) is 3.51. The van der Waals surface area contributed by atoms with Crippen LogP contribution in [0.15, 0.2) is 60.7 Å². The lowest BCUT2D eigenvalue weighted by atomic mass is 10.1. The first-order valence-electron chi connectivity index (χ1n) is 8.90. The second-order valence-electron chi connectivity index (χ2n) is 6.65. The molecule has 1 aliphatic heterocycles. The van der Waals surface area contributed by atoms with E-state index in [-0.39, 0.29) is 11.9 Å². The molecule has 0 saturated carbocycles. The number of para-hydroxylation sites is 1. The van der Waals surface area contributed by atoms with Crippen molar-refractivity contribution in [3.05, 3.63) is 76.7 Å². The van der Waals surface area contributed by atoms with Gasteiger partial charge in [-0.05, 0) is 43.5 Å². The van der Waals surface area contributed by atoms with Gasteiger partial charge in [-0.2, -0.15) is 0 Å². The summed E-state index contributed by atoms with van der Waals surface area (Å²) in [4.78, 5) is 14.6. The Morgan fingerprint density at radius 1 is 1.15 bits per heavy atom. The maximum absolute atomic E-state index is 12.7. The van der Waals surface area contributed by atoms with Crippen molar-refractivity contribution in [2.75, 3.05) is 0 Å². The Labute approximate surface area is 157 Å². The monoisotopic (exact) mass is 363 g/mol. The molecule has 132 valence electrons. The number of rotatable bonds is 5. The minimum Gasteiger partial charge on any atom is -0.488 e. The molecular weight excluding hydrogens is 342 g/mol. The van der Waals surface area contributed by atoms with Gasteiger partial charge in [0.1, 0.15) is 12.4 Å². The summed E-state index contributed by atoms with van der Waals surface area (Å²) < 4.78 is 5.79. The topological polar surface area (TPSA) is 38.3 Å². The lowest BCUT2D eigenvalue weighted by molar-refractivity contribution is 0.0942. The lowest BCUT2D eigenvalue weighted by Gasteiger charge is -2.16. The molecule has 1 amide bonds. The second-order valence-corrected chi connectivity index (χ2v) is 7.70. The Balaban J connectivity index is 1.42. The SMILES string of the molecule is C[C@H](CCc1ccccc1)NC(=O)c1cc2c(s1)-c1ccccc1OC2. The predicted octanol–water partition coefficient (Wildman–Crippen LogP) is 5.06. The summed E-state index contributed by atoms with van der Waals surface area (Å²) in [5.41, 5.74) is 3.47. The van der Waals surface area contributed by atoms with Crippen molar-refractivity contribution in [2.45, 2.75) is 32.4 Å². The first kappa shape index (κ1) is 16.9. The Bertz CT molecular complexity index is 917. The summed E-state index contributed by atoms with van der Waals surface area (Å²) in [5.74, 6) is 0.896. The van der Waals surface area contributed by atoms with E-state index in [1.165, 1.54) is 5.56 Å². The first-order chi connectivity index (χ1) is 12.7. The number of amides is 1. The Morgan fingerprint density at radius 2 is 1.92 bits per heavy atom. The van der Waals surface area contributed by atoms with E-state index in [1.54, 1.807) is 11.3 Å². The Morgan fingerprint density at radius 3 is 2.77 bits per heavy atom. The van der Waals surface area contributed by atoms with E-state index in [0.717, 1.165) is 39.5 Å². The number of aryl methyl sites for hydroxylation is 1. The third-order valence-electron chi connectivity index (χ3n) is 4.63. The lowest BCUT2D eigenvalue weighted by Crippen LogP contribution is -2.32. The van der Waals surface area contributed by atoms with E-state index in [0.29, 0.717) is 6.61 Å². The van der Waals surface area contributed by atoms with Crippen molar-refractivity contribution in [3.8, 4) is 16.2 Å². The third-order valence-corrected chi connectivity index (χ3v) is 5.84. The van der Waals surface area contributed by atoms with Gasteiger partial charge in [0.2, 0.25) is 0 Å². The van der Waals surface area contributed by atoms with Gasteiger partial charge < -0.3 is 10.1 Å². The quantitative estimate of drug-likeness (QED) is 0.688. The zero-order valence-electron chi connectivity index (χ0n) is 14.7.